The number of benzene rings is 1. The van der Waals surface area contributed by atoms with Gasteiger partial charge in [0, 0.05) is 55.4 Å². The number of hydrogen-bond acceptors (Lipinski definition) is 8. The molecular formula is C28H32N2O4S4. The van der Waals surface area contributed by atoms with E-state index in [1.54, 1.807) is 0 Å². The van der Waals surface area contributed by atoms with Gasteiger partial charge >= 0.3 is 0 Å². The standard InChI is InChI=1S/C28H32N2O4S4/c1-17-23-24-18(2)29(17)9-11-31-13-15-33-21-5-7-22(8-6-21)34-16-14-32-12-10-30-19(3)25-26(20(30)4)38-28(37-25)27(35-23)36-24/h5-8H,9-16H2,1-4H3. The van der Waals surface area contributed by atoms with Gasteiger partial charge in [0.15, 0.2) is 0 Å². The van der Waals surface area contributed by atoms with Crippen LogP contribution in [0.15, 0.2) is 52.3 Å². The van der Waals surface area contributed by atoms with Crippen LogP contribution in [-0.2, 0) is 22.6 Å². The Kier molecular flexibility index (Phi) is 8.07. The molecule has 0 atom stereocenters. The molecule has 0 amide bonds. The zero-order chi connectivity index (χ0) is 26.2. The monoisotopic (exact) mass is 588 g/mol. The second-order valence-corrected chi connectivity index (χ2v) is 13.9. The van der Waals surface area contributed by atoms with Crippen LogP contribution < -0.4 is 9.47 Å². The first-order valence-corrected chi connectivity index (χ1v) is 16.1. The topological polar surface area (TPSA) is 46.8 Å². The molecule has 0 radical (unpaired) electrons. The van der Waals surface area contributed by atoms with E-state index < -0.39 is 0 Å². The second-order valence-electron chi connectivity index (χ2n) is 9.34. The van der Waals surface area contributed by atoms with Crippen LogP contribution in [0.4, 0.5) is 0 Å². The third-order valence-electron chi connectivity index (χ3n) is 7.03. The summed E-state index contributed by atoms with van der Waals surface area (Å²) in [4.78, 5) is 5.61. The van der Waals surface area contributed by atoms with Crippen molar-refractivity contribution >= 4 is 47.0 Å². The van der Waals surface area contributed by atoms with Gasteiger partial charge in [-0.15, -0.1) is 0 Å². The maximum absolute atomic E-state index is 5.91. The van der Waals surface area contributed by atoms with Gasteiger partial charge in [0.05, 0.1) is 34.9 Å². The molecule has 38 heavy (non-hydrogen) atoms. The number of aromatic nitrogens is 2. The lowest BCUT2D eigenvalue weighted by Gasteiger charge is -2.14. The molecule has 3 aromatic rings. The summed E-state index contributed by atoms with van der Waals surface area (Å²) in [6, 6.07) is 7.74. The summed E-state index contributed by atoms with van der Waals surface area (Å²) in [7, 11) is 0. The molecule has 6 nitrogen and oxygen atoms in total. The quantitative estimate of drug-likeness (QED) is 0.272. The number of hydrogen-bond donors (Lipinski definition) is 0. The van der Waals surface area contributed by atoms with Crippen molar-refractivity contribution in [1.82, 2.24) is 9.13 Å². The highest BCUT2D eigenvalue weighted by Gasteiger charge is 2.34. The van der Waals surface area contributed by atoms with Gasteiger partial charge in [-0.2, -0.15) is 0 Å². The van der Waals surface area contributed by atoms with Gasteiger partial charge in [-0.1, -0.05) is 47.0 Å². The van der Waals surface area contributed by atoms with E-state index in [1.807, 2.05) is 71.3 Å². The highest BCUT2D eigenvalue weighted by Crippen LogP contribution is 2.64. The van der Waals surface area contributed by atoms with Crippen LogP contribution in [0.5, 0.6) is 11.5 Å². The molecule has 0 spiro atoms. The maximum atomic E-state index is 5.91. The Morgan fingerprint density at radius 1 is 0.500 bits per heavy atom. The summed E-state index contributed by atoms with van der Waals surface area (Å²) in [6.07, 6.45) is 0. The predicted octanol–water partition coefficient (Wildman–Crippen LogP) is 7.25. The molecule has 10 heteroatoms. The smallest absolute Gasteiger partial charge is 0.119 e. The van der Waals surface area contributed by atoms with E-state index in [-0.39, 0.29) is 0 Å². The van der Waals surface area contributed by atoms with Crippen LogP contribution in [-0.4, -0.2) is 48.8 Å². The normalized spacial score (nSPS) is 18.4. The third-order valence-corrected chi connectivity index (χ3v) is 13.2. The number of nitrogens with zero attached hydrogens (tertiary/aromatic N) is 2. The van der Waals surface area contributed by atoms with Gasteiger partial charge in [0.25, 0.3) is 0 Å². The van der Waals surface area contributed by atoms with E-state index in [2.05, 4.69) is 36.8 Å². The Bertz CT molecular complexity index is 1210. The minimum atomic E-state index is 0.523. The van der Waals surface area contributed by atoms with Gasteiger partial charge in [0.2, 0.25) is 0 Å². The lowest BCUT2D eigenvalue weighted by molar-refractivity contribution is 0.0927. The Labute approximate surface area is 241 Å². The minimum Gasteiger partial charge on any atom is -0.491 e. The van der Waals surface area contributed by atoms with E-state index >= 15 is 0 Å². The summed E-state index contributed by atoms with van der Waals surface area (Å²) in [5, 5.41) is 0. The first kappa shape index (κ1) is 26.7. The molecule has 1 aromatic carbocycles. The molecule has 2 aromatic heterocycles. The molecule has 0 fully saturated rings. The van der Waals surface area contributed by atoms with Crippen molar-refractivity contribution in [2.24, 2.45) is 0 Å². The first-order valence-electron chi connectivity index (χ1n) is 12.9. The molecule has 10 aliphatic heterocycles. The average molecular weight is 589 g/mol. The van der Waals surface area contributed by atoms with Crippen molar-refractivity contribution in [1.29, 1.82) is 0 Å². The van der Waals surface area contributed by atoms with Crippen molar-refractivity contribution in [3.05, 3.63) is 55.5 Å². The van der Waals surface area contributed by atoms with Gasteiger partial charge in [-0.05, 0) is 52.0 Å². The molecule has 0 saturated heterocycles. The summed E-state index contributed by atoms with van der Waals surface area (Å²) in [5.74, 6) is 1.64. The summed E-state index contributed by atoms with van der Waals surface area (Å²) < 4.78 is 31.1. The van der Waals surface area contributed by atoms with Crippen molar-refractivity contribution in [2.45, 2.75) is 60.4 Å². The molecule has 13 rings (SSSR count). The van der Waals surface area contributed by atoms with E-state index in [9.17, 15) is 0 Å². The summed E-state index contributed by atoms with van der Waals surface area (Å²) in [5.41, 5.74) is 5.33. The summed E-state index contributed by atoms with van der Waals surface area (Å²) in [6.45, 7) is 14.2. The molecule has 10 bridgehead atoms. The molecule has 0 unspecified atom stereocenters. The molecule has 10 aliphatic rings. The Morgan fingerprint density at radius 2 is 0.842 bits per heavy atom. The van der Waals surface area contributed by atoms with E-state index in [0.29, 0.717) is 39.6 Å². The Balaban J connectivity index is 1.21. The molecule has 12 heterocycles. The maximum Gasteiger partial charge on any atom is 0.119 e. The molecule has 0 aliphatic carbocycles. The van der Waals surface area contributed by atoms with Crippen molar-refractivity contribution in [3.63, 3.8) is 0 Å². The third kappa shape index (κ3) is 5.15. The van der Waals surface area contributed by atoms with Crippen molar-refractivity contribution < 1.29 is 18.9 Å². The van der Waals surface area contributed by atoms with E-state index in [1.165, 1.54) is 50.8 Å². The van der Waals surface area contributed by atoms with E-state index in [0.717, 1.165) is 24.6 Å². The van der Waals surface area contributed by atoms with Gasteiger partial charge in [-0.3, -0.25) is 0 Å². The fourth-order valence-corrected chi connectivity index (χ4v) is 10.9. The van der Waals surface area contributed by atoms with Crippen LogP contribution in [0, 0.1) is 27.7 Å². The second kappa shape index (κ2) is 11.5. The number of thioether (sulfide) groups is 4. The predicted molar refractivity (Wildman–Crippen MR) is 157 cm³/mol. The van der Waals surface area contributed by atoms with Crippen LogP contribution in [0.1, 0.15) is 22.8 Å². The average Bonchev–Trinajstić information content (AvgIpc) is 3.65. The van der Waals surface area contributed by atoms with Gasteiger partial charge < -0.3 is 28.1 Å². The first-order chi connectivity index (χ1) is 18.5. The number of rotatable bonds is 0. The van der Waals surface area contributed by atoms with E-state index in [4.69, 9.17) is 18.9 Å². The van der Waals surface area contributed by atoms with Crippen LogP contribution in [0.25, 0.3) is 0 Å². The van der Waals surface area contributed by atoms with Crippen molar-refractivity contribution in [2.75, 3.05) is 39.6 Å². The Morgan fingerprint density at radius 3 is 1.18 bits per heavy atom. The molecular weight excluding hydrogens is 557 g/mol. The minimum absolute atomic E-state index is 0.523. The van der Waals surface area contributed by atoms with Gasteiger partial charge in [-0.25, -0.2) is 0 Å². The largest absolute Gasteiger partial charge is 0.491 e. The number of ether oxygens (including phenoxy) is 4. The fourth-order valence-electron chi connectivity index (χ4n) is 4.97. The van der Waals surface area contributed by atoms with Crippen molar-refractivity contribution in [3.8, 4) is 11.5 Å². The molecule has 0 saturated carbocycles. The zero-order valence-corrected chi connectivity index (χ0v) is 25.4. The van der Waals surface area contributed by atoms with Crippen LogP contribution >= 0.6 is 47.0 Å². The van der Waals surface area contributed by atoms with Gasteiger partial charge in [0.1, 0.15) is 24.7 Å². The Hall–Kier alpha value is -1.56. The SMILES string of the molecule is Cc1c2c3c(C)n1CCOCCOc1ccc(cc1)OCCOCCn1c(C)c4c(c1C)SC(=C(S2)S3)S4. The lowest BCUT2D eigenvalue weighted by atomic mass is 10.3. The highest BCUT2D eigenvalue weighted by molar-refractivity contribution is 8.30. The fraction of sp³-hybridized carbons (Fsp3) is 0.429. The van der Waals surface area contributed by atoms with Crippen LogP contribution in [0.2, 0.25) is 0 Å². The highest BCUT2D eigenvalue weighted by atomic mass is 32.2. The summed E-state index contributed by atoms with van der Waals surface area (Å²) >= 11 is 7.74. The molecule has 202 valence electrons. The lowest BCUT2D eigenvalue weighted by Crippen LogP contribution is -2.13. The zero-order valence-electron chi connectivity index (χ0n) is 22.1. The molecule has 0 N–H and O–H groups in total. The van der Waals surface area contributed by atoms with Crippen LogP contribution in [0.3, 0.4) is 0 Å².